The minimum atomic E-state index is 0.0158. The van der Waals surface area contributed by atoms with Gasteiger partial charge in [-0.2, -0.15) is 0 Å². The number of nitrogens with one attached hydrogen (secondary N) is 1. The van der Waals surface area contributed by atoms with Gasteiger partial charge in [0, 0.05) is 10.4 Å². The molecule has 0 aliphatic heterocycles. The van der Waals surface area contributed by atoms with Gasteiger partial charge in [-0.1, -0.05) is 40.5 Å². The number of carbonyl (C=O) groups is 1. The summed E-state index contributed by atoms with van der Waals surface area (Å²) in [6.45, 7) is 2.63. The van der Waals surface area contributed by atoms with Gasteiger partial charge in [-0.25, -0.2) is 0 Å². The molecule has 1 fully saturated rings. The number of nitrogens with two attached hydrogens (primary N) is 1. The molecule has 1 amide bonds. The van der Waals surface area contributed by atoms with Gasteiger partial charge < -0.3 is 11.1 Å². The molecule has 0 spiro atoms. The smallest absolute Gasteiger partial charge is 0.223 e. The molecule has 2 unspecified atom stereocenters. The normalized spacial score (nSPS) is 24.2. The monoisotopic (exact) mass is 324 g/mol. The summed E-state index contributed by atoms with van der Waals surface area (Å²) in [6, 6.07) is 8.01. The van der Waals surface area contributed by atoms with Crippen molar-refractivity contribution in [3.05, 3.63) is 34.3 Å². The third kappa shape index (κ3) is 3.37. The number of rotatable bonds is 4. The highest BCUT2D eigenvalue weighted by atomic mass is 79.9. The Morgan fingerprint density at radius 1 is 1.47 bits per heavy atom. The topological polar surface area (TPSA) is 55.1 Å². The minimum Gasteiger partial charge on any atom is -0.349 e. The van der Waals surface area contributed by atoms with Crippen molar-refractivity contribution in [2.24, 2.45) is 17.6 Å². The molecule has 0 bridgehead atoms. The molecule has 0 saturated heterocycles. The van der Waals surface area contributed by atoms with E-state index in [1.54, 1.807) is 0 Å². The average molecular weight is 325 g/mol. The quantitative estimate of drug-likeness (QED) is 0.894. The van der Waals surface area contributed by atoms with Gasteiger partial charge in [0.05, 0.1) is 6.04 Å². The second-order valence-electron chi connectivity index (χ2n) is 5.28. The van der Waals surface area contributed by atoms with Crippen molar-refractivity contribution in [2.75, 3.05) is 6.54 Å². The molecule has 4 heteroatoms. The number of amides is 1. The van der Waals surface area contributed by atoms with Crippen LogP contribution in [-0.2, 0) is 4.79 Å². The molecule has 3 nitrogen and oxygen atoms in total. The highest BCUT2D eigenvalue weighted by Crippen LogP contribution is 2.32. The summed E-state index contributed by atoms with van der Waals surface area (Å²) in [5.41, 5.74) is 6.85. The van der Waals surface area contributed by atoms with Crippen molar-refractivity contribution in [3.8, 4) is 0 Å². The second-order valence-corrected chi connectivity index (χ2v) is 6.14. The van der Waals surface area contributed by atoms with Crippen molar-refractivity contribution in [2.45, 2.75) is 32.2 Å². The van der Waals surface area contributed by atoms with Crippen LogP contribution < -0.4 is 11.1 Å². The molecule has 19 heavy (non-hydrogen) atoms. The van der Waals surface area contributed by atoms with E-state index < -0.39 is 0 Å². The van der Waals surface area contributed by atoms with E-state index in [4.69, 9.17) is 5.73 Å². The van der Waals surface area contributed by atoms with Crippen LogP contribution in [0, 0.1) is 11.8 Å². The molecular weight excluding hydrogens is 304 g/mol. The van der Waals surface area contributed by atoms with Crippen molar-refractivity contribution < 1.29 is 4.79 Å². The summed E-state index contributed by atoms with van der Waals surface area (Å²) in [6.07, 6.45) is 3.16. The first-order chi connectivity index (χ1) is 9.13. The third-order valence-electron chi connectivity index (χ3n) is 4.03. The molecule has 0 radical (unpaired) electrons. The zero-order valence-corrected chi connectivity index (χ0v) is 12.8. The lowest BCUT2D eigenvalue weighted by Gasteiger charge is -2.21. The van der Waals surface area contributed by atoms with E-state index in [1.165, 1.54) is 0 Å². The highest BCUT2D eigenvalue weighted by Gasteiger charge is 2.32. The SMILES string of the molecule is C[C@H](NC(=O)C1CCCC1CN)c1ccccc1Br. The minimum absolute atomic E-state index is 0.0158. The number of carbonyl (C=O) groups excluding carboxylic acids is 1. The lowest BCUT2D eigenvalue weighted by molar-refractivity contribution is -0.126. The zero-order valence-electron chi connectivity index (χ0n) is 11.2. The van der Waals surface area contributed by atoms with Gasteiger partial charge >= 0.3 is 0 Å². The molecule has 3 N–H and O–H groups in total. The first-order valence-electron chi connectivity index (χ1n) is 6.88. The van der Waals surface area contributed by atoms with Crippen LogP contribution in [0.2, 0.25) is 0 Å². The van der Waals surface area contributed by atoms with Crippen LogP contribution in [0.5, 0.6) is 0 Å². The Morgan fingerprint density at radius 2 is 2.21 bits per heavy atom. The van der Waals surface area contributed by atoms with Gasteiger partial charge in [-0.15, -0.1) is 0 Å². The molecule has 2 rings (SSSR count). The van der Waals surface area contributed by atoms with Crippen molar-refractivity contribution in [3.63, 3.8) is 0 Å². The van der Waals surface area contributed by atoms with E-state index in [0.717, 1.165) is 29.3 Å². The fraction of sp³-hybridized carbons (Fsp3) is 0.533. The van der Waals surface area contributed by atoms with E-state index in [9.17, 15) is 4.79 Å². The fourth-order valence-corrected chi connectivity index (χ4v) is 3.52. The third-order valence-corrected chi connectivity index (χ3v) is 4.75. The Labute approximate surface area is 123 Å². The van der Waals surface area contributed by atoms with E-state index >= 15 is 0 Å². The summed E-state index contributed by atoms with van der Waals surface area (Å²) < 4.78 is 1.03. The van der Waals surface area contributed by atoms with Crippen LogP contribution in [0.15, 0.2) is 28.7 Å². The summed E-state index contributed by atoms with van der Waals surface area (Å²) in [5, 5.41) is 3.12. The highest BCUT2D eigenvalue weighted by molar-refractivity contribution is 9.10. The molecule has 0 heterocycles. The predicted molar refractivity (Wildman–Crippen MR) is 80.6 cm³/mol. The Bertz CT molecular complexity index is 450. The molecule has 0 aromatic heterocycles. The standard InChI is InChI=1S/C15H21BrN2O/c1-10(12-6-2-3-8-14(12)16)18-15(19)13-7-4-5-11(13)9-17/h2-3,6,8,10-11,13H,4-5,7,9,17H2,1H3,(H,18,19)/t10-,11?,13?/m0/s1. The lowest BCUT2D eigenvalue weighted by Crippen LogP contribution is -2.36. The summed E-state index contributed by atoms with van der Waals surface area (Å²) in [4.78, 5) is 12.3. The van der Waals surface area contributed by atoms with Crippen LogP contribution in [0.1, 0.15) is 37.8 Å². The summed E-state index contributed by atoms with van der Waals surface area (Å²) >= 11 is 3.52. The molecule has 1 aromatic rings. The fourth-order valence-electron chi connectivity index (χ4n) is 2.89. The first-order valence-corrected chi connectivity index (χ1v) is 7.67. The van der Waals surface area contributed by atoms with Crippen LogP contribution in [-0.4, -0.2) is 12.5 Å². The summed E-state index contributed by atoms with van der Waals surface area (Å²) in [7, 11) is 0. The van der Waals surface area contributed by atoms with Gasteiger partial charge in [0.15, 0.2) is 0 Å². The van der Waals surface area contributed by atoms with Crippen molar-refractivity contribution in [1.82, 2.24) is 5.32 Å². The Morgan fingerprint density at radius 3 is 2.89 bits per heavy atom. The second kappa shape index (κ2) is 6.53. The number of benzene rings is 1. The van der Waals surface area contributed by atoms with Crippen molar-refractivity contribution >= 4 is 21.8 Å². The van der Waals surface area contributed by atoms with Crippen LogP contribution >= 0.6 is 15.9 Å². The van der Waals surface area contributed by atoms with Crippen LogP contribution in [0.3, 0.4) is 0 Å². The lowest BCUT2D eigenvalue weighted by atomic mass is 9.94. The van der Waals surface area contributed by atoms with E-state index in [2.05, 4.69) is 21.2 Å². The molecule has 1 saturated carbocycles. The Kier molecular flexibility index (Phi) is 4.99. The maximum atomic E-state index is 12.3. The van der Waals surface area contributed by atoms with E-state index in [-0.39, 0.29) is 17.9 Å². The molecular formula is C15H21BrN2O. The van der Waals surface area contributed by atoms with Gasteiger partial charge in [-0.05, 0) is 43.9 Å². The number of hydrogen-bond donors (Lipinski definition) is 2. The predicted octanol–water partition coefficient (Wildman–Crippen LogP) is 3.00. The van der Waals surface area contributed by atoms with Gasteiger partial charge in [-0.3, -0.25) is 4.79 Å². The molecule has 1 aliphatic rings. The zero-order chi connectivity index (χ0) is 13.8. The number of hydrogen-bond acceptors (Lipinski definition) is 2. The average Bonchev–Trinajstić information content (AvgIpc) is 2.87. The molecule has 104 valence electrons. The van der Waals surface area contributed by atoms with Crippen LogP contribution in [0.25, 0.3) is 0 Å². The maximum Gasteiger partial charge on any atom is 0.223 e. The van der Waals surface area contributed by atoms with Crippen LogP contribution in [0.4, 0.5) is 0 Å². The maximum absolute atomic E-state index is 12.3. The van der Waals surface area contributed by atoms with E-state index in [1.807, 2.05) is 31.2 Å². The Hall–Kier alpha value is -0.870. The molecule has 1 aliphatic carbocycles. The van der Waals surface area contributed by atoms with Gasteiger partial charge in [0.2, 0.25) is 5.91 Å². The molecule has 3 atom stereocenters. The first kappa shape index (κ1) is 14.5. The van der Waals surface area contributed by atoms with Gasteiger partial charge in [0.25, 0.3) is 0 Å². The summed E-state index contributed by atoms with van der Waals surface area (Å²) in [5.74, 6) is 0.595. The van der Waals surface area contributed by atoms with Gasteiger partial charge in [0.1, 0.15) is 0 Å². The molecule has 1 aromatic carbocycles. The van der Waals surface area contributed by atoms with Crippen molar-refractivity contribution in [1.29, 1.82) is 0 Å². The number of halogens is 1. The largest absolute Gasteiger partial charge is 0.349 e. The Balaban J connectivity index is 2.01. The van der Waals surface area contributed by atoms with E-state index in [0.29, 0.717) is 12.5 Å².